The van der Waals surface area contributed by atoms with Gasteiger partial charge in [-0.15, -0.1) is 11.6 Å². The molecular formula is C10H19ClO2. The van der Waals surface area contributed by atoms with Gasteiger partial charge >= 0.3 is 0 Å². The second-order valence-corrected chi connectivity index (χ2v) is 4.59. The Bertz CT molecular complexity index is 150. The molecule has 78 valence electrons. The van der Waals surface area contributed by atoms with Crippen LogP contribution in [0.15, 0.2) is 0 Å². The molecule has 3 heteroatoms. The van der Waals surface area contributed by atoms with E-state index >= 15 is 0 Å². The van der Waals surface area contributed by atoms with E-state index in [1.807, 2.05) is 0 Å². The molecule has 3 unspecified atom stereocenters. The van der Waals surface area contributed by atoms with Gasteiger partial charge in [-0.2, -0.15) is 0 Å². The average molecular weight is 207 g/mol. The van der Waals surface area contributed by atoms with E-state index in [-0.39, 0.29) is 17.6 Å². The highest BCUT2D eigenvalue weighted by molar-refractivity contribution is 6.20. The summed E-state index contributed by atoms with van der Waals surface area (Å²) in [6, 6.07) is 0. The molecule has 0 bridgehead atoms. The second kappa shape index (κ2) is 5.18. The van der Waals surface area contributed by atoms with Crippen LogP contribution in [0.1, 0.15) is 26.7 Å². The van der Waals surface area contributed by atoms with Crippen molar-refractivity contribution >= 4 is 11.6 Å². The predicted octanol–water partition coefficient (Wildman–Crippen LogP) is 2.44. The molecule has 0 spiro atoms. The molecule has 3 atom stereocenters. The van der Waals surface area contributed by atoms with Gasteiger partial charge in [-0.3, -0.25) is 0 Å². The van der Waals surface area contributed by atoms with Crippen molar-refractivity contribution in [3.05, 3.63) is 0 Å². The van der Waals surface area contributed by atoms with Crippen LogP contribution < -0.4 is 0 Å². The molecule has 0 aromatic carbocycles. The molecule has 1 aliphatic rings. The average Bonchev–Trinajstić information content (AvgIpc) is 2.04. The Labute approximate surface area is 85.5 Å². The zero-order valence-electron chi connectivity index (χ0n) is 8.63. The van der Waals surface area contributed by atoms with Gasteiger partial charge in [0.25, 0.3) is 0 Å². The molecule has 0 aromatic rings. The molecule has 2 nitrogen and oxygen atoms in total. The van der Waals surface area contributed by atoms with E-state index in [0.29, 0.717) is 5.92 Å². The van der Waals surface area contributed by atoms with Crippen LogP contribution in [-0.2, 0) is 9.47 Å². The molecule has 1 fully saturated rings. The Morgan fingerprint density at radius 3 is 2.62 bits per heavy atom. The van der Waals surface area contributed by atoms with Crippen molar-refractivity contribution in [2.45, 2.75) is 44.3 Å². The lowest BCUT2D eigenvalue weighted by molar-refractivity contribution is -0.0931. The van der Waals surface area contributed by atoms with E-state index in [2.05, 4.69) is 13.8 Å². The highest BCUT2D eigenvalue weighted by atomic mass is 35.5. The fourth-order valence-electron chi connectivity index (χ4n) is 1.87. The summed E-state index contributed by atoms with van der Waals surface area (Å²) < 4.78 is 11.1. The number of methoxy groups -OCH3 is 1. The Balaban J connectivity index is 2.47. The summed E-state index contributed by atoms with van der Waals surface area (Å²) in [5.74, 6) is 0.483. The fourth-order valence-corrected chi connectivity index (χ4v) is 2.13. The van der Waals surface area contributed by atoms with E-state index in [1.165, 1.54) is 0 Å². The summed E-state index contributed by atoms with van der Waals surface area (Å²) in [6.07, 6.45) is 2.24. The number of ether oxygens (including phenoxy) is 2. The molecule has 0 radical (unpaired) electrons. The largest absolute Gasteiger partial charge is 0.378 e. The molecule has 1 heterocycles. The van der Waals surface area contributed by atoms with Gasteiger partial charge in [0.1, 0.15) is 0 Å². The quantitative estimate of drug-likeness (QED) is 0.661. The third-order valence-corrected chi connectivity index (χ3v) is 2.94. The Morgan fingerprint density at radius 2 is 2.15 bits per heavy atom. The van der Waals surface area contributed by atoms with Crippen molar-refractivity contribution in [3.63, 3.8) is 0 Å². The molecule has 0 aromatic heterocycles. The number of alkyl halides is 1. The maximum absolute atomic E-state index is 6.08. The Hall–Kier alpha value is 0.210. The lowest BCUT2D eigenvalue weighted by Gasteiger charge is -2.33. The second-order valence-electron chi connectivity index (χ2n) is 3.98. The van der Waals surface area contributed by atoms with Crippen molar-refractivity contribution in [1.29, 1.82) is 0 Å². The summed E-state index contributed by atoms with van der Waals surface area (Å²) in [5.41, 5.74) is 0. The van der Waals surface area contributed by atoms with Gasteiger partial charge in [0, 0.05) is 19.1 Å². The van der Waals surface area contributed by atoms with Crippen LogP contribution in [0.2, 0.25) is 0 Å². The first-order valence-electron chi connectivity index (χ1n) is 4.93. The van der Waals surface area contributed by atoms with Gasteiger partial charge in [-0.1, -0.05) is 13.8 Å². The van der Waals surface area contributed by atoms with E-state index in [9.17, 15) is 0 Å². The normalized spacial score (nSPS) is 32.1. The third-order valence-electron chi connectivity index (χ3n) is 2.55. The van der Waals surface area contributed by atoms with Gasteiger partial charge in [0.15, 0.2) is 0 Å². The maximum Gasteiger partial charge on any atom is 0.0856 e. The molecule has 13 heavy (non-hydrogen) atoms. The topological polar surface area (TPSA) is 18.5 Å². The highest BCUT2D eigenvalue weighted by Gasteiger charge is 2.30. The first-order valence-corrected chi connectivity index (χ1v) is 5.37. The number of rotatable bonds is 3. The van der Waals surface area contributed by atoms with E-state index in [0.717, 1.165) is 19.4 Å². The smallest absolute Gasteiger partial charge is 0.0856 e. The molecule has 0 N–H and O–H groups in total. The van der Waals surface area contributed by atoms with Crippen LogP contribution in [-0.4, -0.2) is 31.3 Å². The minimum atomic E-state index is 0.182. The van der Waals surface area contributed by atoms with Gasteiger partial charge in [-0.05, 0) is 18.8 Å². The van der Waals surface area contributed by atoms with Gasteiger partial charge < -0.3 is 9.47 Å². The first-order chi connectivity index (χ1) is 6.15. The van der Waals surface area contributed by atoms with Crippen LogP contribution in [0.3, 0.4) is 0 Å². The SMILES string of the molecule is COC(C(C)C)C1CC(Cl)CCO1. The number of hydrogen-bond donors (Lipinski definition) is 0. The summed E-state index contributed by atoms with van der Waals surface area (Å²) in [6.45, 7) is 5.07. The zero-order chi connectivity index (χ0) is 9.84. The Morgan fingerprint density at radius 1 is 1.46 bits per heavy atom. The summed E-state index contributed by atoms with van der Waals surface area (Å²) >= 11 is 6.08. The lowest BCUT2D eigenvalue weighted by Crippen LogP contribution is -2.40. The molecule has 1 saturated heterocycles. The van der Waals surface area contributed by atoms with Crippen LogP contribution >= 0.6 is 11.6 Å². The summed E-state index contributed by atoms with van der Waals surface area (Å²) in [5, 5.41) is 0.259. The Kier molecular flexibility index (Phi) is 4.50. The maximum atomic E-state index is 6.08. The summed E-state index contributed by atoms with van der Waals surface area (Å²) in [4.78, 5) is 0. The molecule has 1 rings (SSSR count). The van der Waals surface area contributed by atoms with Crippen LogP contribution in [0, 0.1) is 5.92 Å². The minimum absolute atomic E-state index is 0.182. The van der Waals surface area contributed by atoms with Gasteiger partial charge in [0.05, 0.1) is 12.2 Å². The fraction of sp³-hybridized carbons (Fsp3) is 1.00. The monoisotopic (exact) mass is 206 g/mol. The summed E-state index contributed by atoms with van der Waals surface area (Å²) in [7, 11) is 1.74. The van der Waals surface area contributed by atoms with E-state index in [4.69, 9.17) is 21.1 Å². The van der Waals surface area contributed by atoms with Gasteiger partial charge in [-0.25, -0.2) is 0 Å². The van der Waals surface area contributed by atoms with Crippen LogP contribution in [0.4, 0.5) is 0 Å². The number of halogens is 1. The van der Waals surface area contributed by atoms with Crippen LogP contribution in [0.5, 0.6) is 0 Å². The molecule has 0 saturated carbocycles. The van der Waals surface area contributed by atoms with Crippen molar-refractivity contribution in [2.75, 3.05) is 13.7 Å². The van der Waals surface area contributed by atoms with Crippen LogP contribution in [0.25, 0.3) is 0 Å². The van der Waals surface area contributed by atoms with E-state index in [1.54, 1.807) is 7.11 Å². The van der Waals surface area contributed by atoms with E-state index < -0.39 is 0 Å². The minimum Gasteiger partial charge on any atom is -0.378 e. The van der Waals surface area contributed by atoms with Crippen molar-refractivity contribution in [1.82, 2.24) is 0 Å². The van der Waals surface area contributed by atoms with Crippen molar-refractivity contribution in [3.8, 4) is 0 Å². The molecule has 1 aliphatic heterocycles. The third kappa shape index (κ3) is 3.12. The zero-order valence-corrected chi connectivity index (χ0v) is 9.38. The highest BCUT2D eigenvalue weighted by Crippen LogP contribution is 2.25. The standard InChI is InChI=1S/C10H19ClO2/c1-7(2)10(12-3)9-6-8(11)4-5-13-9/h7-10H,4-6H2,1-3H3. The molecule has 0 amide bonds. The van der Waals surface area contributed by atoms with Crippen molar-refractivity contribution in [2.24, 2.45) is 5.92 Å². The van der Waals surface area contributed by atoms with Crippen molar-refractivity contribution < 1.29 is 9.47 Å². The first kappa shape index (κ1) is 11.3. The molecule has 0 aliphatic carbocycles. The molecular weight excluding hydrogens is 188 g/mol. The number of hydrogen-bond acceptors (Lipinski definition) is 2. The van der Waals surface area contributed by atoms with Gasteiger partial charge in [0.2, 0.25) is 0 Å². The lowest BCUT2D eigenvalue weighted by atomic mass is 9.96. The predicted molar refractivity (Wildman–Crippen MR) is 54.3 cm³/mol.